The van der Waals surface area contributed by atoms with Gasteiger partial charge in [-0.2, -0.15) is 18.3 Å². The Hall–Kier alpha value is -3.38. The van der Waals surface area contributed by atoms with Gasteiger partial charge in [0.25, 0.3) is 5.91 Å². The average molecular weight is 593 g/mol. The molecule has 1 amide bonds. The number of fused-ring (bicyclic) bond motifs is 1. The zero-order valence-corrected chi connectivity index (χ0v) is 24.8. The zero-order valence-electron chi connectivity index (χ0n) is 24.8. The highest BCUT2D eigenvalue weighted by molar-refractivity contribution is 6.18. The Balaban J connectivity index is 1.69. The molecule has 12 heteroatoms. The molecular weight excluding hydrogens is 553 g/mol. The standard InChI is InChI=1S/C30H39F3N4O5/c1-19(2)42-28(39)23-22(17-40-5)37(18-29(3,4)24-25(23)34-35-26(24)30(31,32)33)27(38)20-9-11-21(12-10-20)41-16-15-36-13-7-6-8-14-36/h9-12,19H,6-8,13-18H2,1-5H3,(H,34,35). The van der Waals surface area contributed by atoms with Crippen LogP contribution < -0.4 is 4.74 Å². The number of carbonyl (C=O) groups is 2. The SMILES string of the molecule is COCC1=C(C(=O)OC(C)C)c2n[nH]c(C(F)(F)F)c2C(C)(C)CN1C(=O)c1ccc(OCCN2CCCCC2)cc1. The molecule has 2 aromatic rings. The lowest BCUT2D eigenvalue weighted by Crippen LogP contribution is -2.41. The van der Waals surface area contributed by atoms with E-state index in [1.807, 2.05) is 0 Å². The lowest BCUT2D eigenvalue weighted by atomic mass is 9.81. The molecule has 0 aliphatic carbocycles. The number of methoxy groups -OCH3 is 1. The highest BCUT2D eigenvalue weighted by atomic mass is 19.4. The predicted molar refractivity (Wildman–Crippen MR) is 150 cm³/mol. The second-order valence-electron chi connectivity index (χ2n) is 11.6. The largest absolute Gasteiger partial charge is 0.492 e. The summed E-state index contributed by atoms with van der Waals surface area (Å²) in [5.74, 6) is -0.803. The minimum atomic E-state index is -4.77. The monoisotopic (exact) mass is 592 g/mol. The van der Waals surface area contributed by atoms with Crippen LogP contribution in [0.5, 0.6) is 5.75 Å². The van der Waals surface area contributed by atoms with Crippen LogP contribution in [0.1, 0.15) is 74.3 Å². The number of H-pyrrole nitrogens is 1. The smallest absolute Gasteiger partial charge is 0.433 e. The molecule has 0 unspecified atom stereocenters. The number of esters is 1. The van der Waals surface area contributed by atoms with Crippen LogP contribution in [0.3, 0.4) is 0 Å². The summed E-state index contributed by atoms with van der Waals surface area (Å²) in [6, 6.07) is 6.58. The van der Waals surface area contributed by atoms with Crippen LogP contribution in [-0.2, 0) is 25.9 Å². The number of likely N-dealkylation sites (tertiary alicyclic amines) is 1. The quantitative estimate of drug-likeness (QED) is 0.408. The van der Waals surface area contributed by atoms with Gasteiger partial charge in [-0.05, 0) is 64.0 Å². The number of carbonyl (C=O) groups excluding carboxylic acids is 2. The highest BCUT2D eigenvalue weighted by Gasteiger charge is 2.47. The number of ether oxygens (including phenoxy) is 3. The Morgan fingerprint density at radius 2 is 1.76 bits per heavy atom. The van der Waals surface area contributed by atoms with Gasteiger partial charge in [0.1, 0.15) is 29.3 Å². The molecule has 0 bridgehead atoms. The fourth-order valence-electron chi connectivity index (χ4n) is 5.52. The summed E-state index contributed by atoms with van der Waals surface area (Å²) in [5.41, 5.74) is -2.67. The Morgan fingerprint density at radius 3 is 2.36 bits per heavy atom. The normalized spacial score (nSPS) is 17.7. The Labute approximate surface area is 244 Å². The zero-order chi connectivity index (χ0) is 30.7. The van der Waals surface area contributed by atoms with Crippen LogP contribution in [-0.4, -0.2) is 84.5 Å². The van der Waals surface area contributed by atoms with Crippen molar-refractivity contribution in [2.24, 2.45) is 0 Å². The van der Waals surface area contributed by atoms with E-state index in [2.05, 4.69) is 15.1 Å². The maximum absolute atomic E-state index is 14.1. The molecule has 0 radical (unpaired) electrons. The van der Waals surface area contributed by atoms with E-state index >= 15 is 0 Å². The van der Waals surface area contributed by atoms with E-state index in [0.29, 0.717) is 12.4 Å². The topological polar surface area (TPSA) is 97.0 Å². The molecule has 1 N–H and O–H groups in total. The van der Waals surface area contributed by atoms with Crippen LogP contribution in [0.15, 0.2) is 30.0 Å². The third-order valence-electron chi connectivity index (χ3n) is 7.43. The molecule has 1 aromatic heterocycles. The van der Waals surface area contributed by atoms with E-state index in [-0.39, 0.29) is 41.2 Å². The summed E-state index contributed by atoms with van der Waals surface area (Å²) in [6.07, 6.45) is -1.69. The maximum atomic E-state index is 14.1. The Kier molecular flexibility index (Phi) is 9.67. The third-order valence-corrected chi connectivity index (χ3v) is 7.43. The fraction of sp³-hybridized carbons (Fsp3) is 0.567. The van der Waals surface area contributed by atoms with Crippen molar-refractivity contribution in [3.63, 3.8) is 0 Å². The van der Waals surface area contributed by atoms with Crippen LogP contribution in [0, 0.1) is 0 Å². The van der Waals surface area contributed by atoms with Gasteiger partial charge in [0.15, 0.2) is 0 Å². The first-order valence-corrected chi connectivity index (χ1v) is 14.2. The van der Waals surface area contributed by atoms with Gasteiger partial charge in [0.05, 0.1) is 18.4 Å². The molecule has 0 spiro atoms. The van der Waals surface area contributed by atoms with Crippen molar-refractivity contribution in [3.8, 4) is 5.75 Å². The number of hydrogen-bond donors (Lipinski definition) is 1. The predicted octanol–water partition coefficient (Wildman–Crippen LogP) is 5.04. The number of piperidine rings is 1. The average Bonchev–Trinajstić information content (AvgIpc) is 3.35. The number of nitrogens with zero attached hydrogens (tertiary/aromatic N) is 3. The molecular formula is C30H39F3N4O5. The number of aromatic amines is 1. The van der Waals surface area contributed by atoms with E-state index in [9.17, 15) is 22.8 Å². The minimum absolute atomic E-state index is 0.0713. The van der Waals surface area contributed by atoms with Gasteiger partial charge in [0, 0.05) is 36.7 Å². The van der Waals surface area contributed by atoms with E-state index in [1.54, 1.807) is 52.0 Å². The molecule has 230 valence electrons. The van der Waals surface area contributed by atoms with Gasteiger partial charge >= 0.3 is 12.1 Å². The summed E-state index contributed by atoms with van der Waals surface area (Å²) < 4.78 is 59.0. The lowest BCUT2D eigenvalue weighted by Gasteiger charge is -2.33. The number of aromatic nitrogens is 2. The number of halogens is 3. The molecule has 42 heavy (non-hydrogen) atoms. The first-order valence-electron chi connectivity index (χ1n) is 14.2. The maximum Gasteiger partial charge on any atom is 0.433 e. The van der Waals surface area contributed by atoms with Crippen molar-refractivity contribution in [2.75, 3.05) is 46.5 Å². The van der Waals surface area contributed by atoms with Crippen molar-refractivity contribution in [1.29, 1.82) is 0 Å². The summed E-state index contributed by atoms with van der Waals surface area (Å²) in [6.45, 7) is 9.47. The molecule has 1 fully saturated rings. The van der Waals surface area contributed by atoms with Gasteiger partial charge < -0.3 is 19.1 Å². The first-order chi connectivity index (χ1) is 19.8. The summed E-state index contributed by atoms with van der Waals surface area (Å²) in [5, 5.41) is 6.03. The molecule has 0 atom stereocenters. The van der Waals surface area contributed by atoms with Gasteiger partial charge in [-0.1, -0.05) is 20.3 Å². The lowest BCUT2D eigenvalue weighted by molar-refractivity contribution is -0.142. The highest BCUT2D eigenvalue weighted by Crippen LogP contribution is 2.44. The van der Waals surface area contributed by atoms with E-state index in [0.717, 1.165) is 19.6 Å². The van der Waals surface area contributed by atoms with E-state index < -0.39 is 35.3 Å². The number of nitrogens with one attached hydrogen (secondary N) is 1. The summed E-state index contributed by atoms with van der Waals surface area (Å²) in [7, 11) is 1.37. The second kappa shape index (κ2) is 12.9. The molecule has 2 aliphatic heterocycles. The molecule has 1 saturated heterocycles. The Bertz CT molecular complexity index is 1300. The molecule has 1 aromatic carbocycles. The van der Waals surface area contributed by atoms with Crippen LogP contribution in [0.2, 0.25) is 0 Å². The molecule has 2 aliphatic rings. The minimum Gasteiger partial charge on any atom is -0.492 e. The van der Waals surface area contributed by atoms with Crippen molar-refractivity contribution < 1.29 is 37.0 Å². The van der Waals surface area contributed by atoms with Gasteiger partial charge in [-0.15, -0.1) is 0 Å². The summed E-state index contributed by atoms with van der Waals surface area (Å²) in [4.78, 5) is 31.1. The number of hydrogen-bond acceptors (Lipinski definition) is 7. The van der Waals surface area contributed by atoms with Crippen LogP contribution in [0.25, 0.3) is 5.57 Å². The first kappa shape index (κ1) is 31.6. The third kappa shape index (κ3) is 6.97. The van der Waals surface area contributed by atoms with Crippen LogP contribution >= 0.6 is 0 Å². The van der Waals surface area contributed by atoms with Crippen LogP contribution in [0.4, 0.5) is 13.2 Å². The van der Waals surface area contributed by atoms with E-state index in [4.69, 9.17) is 14.2 Å². The number of benzene rings is 1. The van der Waals surface area contributed by atoms with Gasteiger partial charge in [-0.25, -0.2) is 4.79 Å². The Morgan fingerprint density at radius 1 is 1.10 bits per heavy atom. The van der Waals surface area contributed by atoms with Crippen molar-refractivity contribution in [3.05, 3.63) is 52.5 Å². The fourth-order valence-corrected chi connectivity index (χ4v) is 5.52. The summed E-state index contributed by atoms with van der Waals surface area (Å²) >= 11 is 0. The molecule has 3 heterocycles. The van der Waals surface area contributed by atoms with Crippen molar-refractivity contribution in [2.45, 2.75) is 64.7 Å². The number of rotatable bonds is 9. The number of amides is 1. The van der Waals surface area contributed by atoms with E-state index in [1.165, 1.54) is 31.3 Å². The molecule has 4 rings (SSSR count). The van der Waals surface area contributed by atoms with Gasteiger partial charge in [-0.3, -0.25) is 14.8 Å². The van der Waals surface area contributed by atoms with Crippen molar-refractivity contribution in [1.82, 2.24) is 20.0 Å². The van der Waals surface area contributed by atoms with Crippen molar-refractivity contribution >= 4 is 17.4 Å². The second-order valence-corrected chi connectivity index (χ2v) is 11.6. The van der Waals surface area contributed by atoms with Gasteiger partial charge in [0.2, 0.25) is 0 Å². The number of alkyl halides is 3. The molecule has 9 nitrogen and oxygen atoms in total. The molecule has 0 saturated carbocycles.